The lowest BCUT2D eigenvalue weighted by Crippen LogP contribution is -2.49. The molecule has 0 radical (unpaired) electrons. The average molecular weight is 299 g/mol. The maximum atomic E-state index is 11.8. The molecule has 0 spiro atoms. The van der Waals surface area contributed by atoms with Gasteiger partial charge in [-0.15, -0.1) is 0 Å². The van der Waals surface area contributed by atoms with Crippen LogP contribution in [0.3, 0.4) is 0 Å². The Hall–Kier alpha value is -0.650. The van der Waals surface area contributed by atoms with Crippen LogP contribution in [0.5, 0.6) is 0 Å². The number of rotatable bonds is 8. The molecule has 124 valence electrons. The van der Waals surface area contributed by atoms with Gasteiger partial charge in [0.25, 0.3) is 0 Å². The van der Waals surface area contributed by atoms with Crippen molar-refractivity contribution in [1.29, 1.82) is 0 Å². The van der Waals surface area contributed by atoms with Crippen molar-refractivity contribution in [3.63, 3.8) is 0 Å². The Morgan fingerprint density at radius 1 is 1.43 bits per heavy atom. The smallest absolute Gasteiger partial charge is 0.325 e. The molecule has 0 aromatic carbocycles. The summed E-state index contributed by atoms with van der Waals surface area (Å²) in [6.07, 6.45) is 4.31. The molecular weight excluding hydrogens is 266 g/mol. The van der Waals surface area contributed by atoms with Crippen molar-refractivity contribution in [3.05, 3.63) is 0 Å². The van der Waals surface area contributed by atoms with E-state index in [4.69, 9.17) is 4.74 Å². The Labute approximate surface area is 130 Å². The first kappa shape index (κ1) is 18.4. The number of nitrogens with zero attached hydrogens (tertiary/aromatic N) is 2. The van der Waals surface area contributed by atoms with E-state index in [0.29, 0.717) is 6.04 Å². The lowest BCUT2D eigenvalue weighted by Gasteiger charge is -2.36. The summed E-state index contributed by atoms with van der Waals surface area (Å²) in [5, 5.41) is 3.10. The average Bonchev–Trinajstić information content (AvgIpc) is 2.53. The highest BCUT2D eigenvalue weighted by Crippen LogP contribution is 2.18. The predicted molar refractivity (Wildman–Crippen MR) is 86.5 cm³/mol. The topological polar surface area (TPSA) is 44.8 Å². The third-order valence-corrected chi connectivity index (χ3v) is 5.00. The van der Waals surface area contributed by atoms with Gasteiger partial charge in [0.1, 0.15) is 5.54 Å². The molecule has 0 aromatic heterocycles. The summed E-state index contributed by atoms with van der Waals surface area (Å²) >= 11 is 0. The van der Waals surface area contributed by atoms with Crippen molar-refractivity contribution in [2.75, 3.05) is 47.4 Å². The van der Waals surface area contributed by atoms with Crippen LogP contribution in [0.15, 0.2) is 0 Å². The molecule has 1 N–H and O–H groups in total. The monoisotopic (exact) mass is 299 g/mol. The van der Waals surface area contributed by atoms with Gasteiger partial charge in [-0.1, -0.05) is 6.92 Å². The summed E-state index contributed by atoms with van der Waals surface area (Å²) in [4.78, 5) is 16.8. The first-order chi connectivity index (χ1) is 9.96. The number of piperidine rings is 1. The number of nitrogens with one attached hydrogen (secondary N) is 1. The third-order valence-electron chi connectivity index (χ3n) is 5.00. The van der Waals surface area contributed by atoms with Gasteiger partial charge in [0.15, 0.2) is 0 Å². The van der Waals surface area contributed by atoms with Gasteiger partial charge < -0.3 is 19.9 Å². The van der Waals surface area contributed by atoms with Gasteiger partial charge in [0.2, 0.25) is 0 Å². The van der Waals surface area contributed by atoms with E-state index in [0.717, 1.165) is 25.9 Å². The van der Waals surface area contributed by atoms with Crippen LogP contribution in [-0.4, -0.2) is 74.7 Å². The van der Waals surface area contributed by atoms with Crippen LogP contribution < -0.4 is 5.32 Å². The number of likely N-dealkylation sites (N-methyl/N-ethyl adjacent to an activating group) is 1. The van der Waals surface area contributed by atoms with Crippen molar-refractivity contribution in [2.24, 2.45) is 0 Å². The van der Waals surface area contributed by atoms with Gasteiger partial charge in [0, 0.05) is 6.04 Å². The fourth-order valence-corrected chi connectivity index (χ4v) is 3.10. The second-order valence-corrected chi connectivity index (χ2v) is 6.32. The fourth-order valence-electron chi connectivity index (χ4n) is 3.10. The second kappa shape index (κ2) is 8.71. The van der Waals surface area contributed by atoms with Crippen LogP contribution in [0.4, 0.5) is 0 Å². The number of hydrogen-bond donors (Lipinski definition) is 1. The van der Waals surface area contributed by atoms with Crippen LogP contribution in [0.1, 0.15) is 39.5 Å². The van der Waals surface area contributed by atoms with E-state index in [-0.39, 0.29) is 5.97 Å². The summed E-state index contributed by atoms with van der Waals surface area (Å²) < 4.78 is 4.88. The Balaban J connectivity index is 2.33. The van der Waals surface area contributed by atoms with Gasteiger partial charge in [-0.05, 0) is 72.9 Å². The minimum absolute atomic E-state index is 0.177. The number of methoxy groups -OCH3 is 1. The highest BCUT2D eigenvalue weighted by molar-refractivity contribution is 5.80. The minimum Gasteiger partial charge on any atom is -0.468 e. The van der Waals surface area contributed by atoms with Crippen molar-refractivity contribution >= 4 is 5.97 Å². The lowest BCUT2D eigenvalue weighted by atomic mass is 9.95. The van der Waals surface area contributed by atoms with E-state index in [1.54, 1.807) is 0 Å². The molecule has 5 heteroatoms. The Kier molecular flexibility index (Phi) is 7.63. The Bertz CT molecular complexity index is 317. The zero-order valence-corrected chi connectivity index (χ0v) is 14.4. The van der Waals surface area contributed by atoms with Gasteiger partial charge in [-0.25, -0.2) is 0 Å². The molecule has 0 amide bonds. The molecule has 1 aliphatic rings. The number of carbonyl (C=O) groups excluding carboxylic acids is 1. The number of carbonyl (C=O) groups is 1. The van der Waals surface area contributed by atoms with Crippen LogP contribution in [0.25, 0.3) is 0 Å². The third kappa shape index (κ3) is 5.24. The van der Waals surface area contributed by atoms with Crippen molar-refractivity contribution in [2.45, 2.75) is 51.1 Å². The predicted octanol–water partition coefficient (Wildman–Crippen LogP) is 1.33. The van der Waals surface area contributed by atoms with Crippen LogP contribution in [0, 0.1) is 0 Å². The second-order valence-electron chi connectivity index (χ2n) is 6.32. The number of likely N-dealkylation sites (tertiary alicyclic amines) is 1. The van der Waals surface area contributed by atoms with Gasteiger partial charge in [-0.2, -0.15) is 0 Å². The SMILES string of the molecule is CCN1CCC(N(C)CCCC(C)(NC)C(=O)OC)CC1. The number of esters is 1. The molecule has 1 heterocycles. The van der Waals surface area contributed by atoms with Gasteiger partial charge in [0.05, 0.1) is 7.11 Å². The van der Waals surface area contributed by atoms with Gasteiger partial charge in [-0.3, -0.25) is 4.79 Å². The summed E-state index contributed by atoms with van der Waals surface area (Å²) in [6, 6.07) is 0.687. The van der Waals surface area contributed by atoms with E-state index >= 15 is 0 Å². The van der Waals surface area contributed by atoms with Crippen molar-refractivity contribution in [3.8, 4) is 0 Å². The first-order valence-electron chi connectivity index (χ1n) is 8.16. The molecule has 21 heavy (non-hydrogen) atoms. The maximum Gasteiger partial charge on any atom is 0.325 e. The molecule has 0 bridgehead atoms. The van der Waals surface area contributed by atoms with Crippen molar-refractivity contribution in [1.82, 2.24) is 15.1 Å². The molecule has 1 rings (SSSR count). The molecule has 1 saturated heterocycles. The molecule has 5 nitrogen and oxygen atoms in total. The van der Waals surface area contributed by atoms with Crippen LogP contribution in [0.2, 0.25) is 0 Å². The Morgan fingerprint density at radius 2 is 2.05 bits per heavy atom. The normalized spacial score (nSPS) is 20.5. The zero-order chi connectivity index (χ0) is 15.9. The minimum atomic E-state index is -0.568. The Morgan fingerprint density at radius 3 is 2.52 bits per heavy atom. The summed E-state index contributed by atoms with van der Waals surface area (Å²) in [6.45, 7) is 8.76. The van der Waals surface area contributed by atoms with E-state index in [9.17, 15) is 4.79 Å². The maximum absolute atomic E-state index is 11.8. The standard InChI is InChI=1S/C16H33N3O2/c1-6-19-12-8-14(9-13-19)18(4)11-7-10-16(2,17-3)15(20)21-5/h14,17H,6-13H2,1-5H3. The summed E-state index contributed by atoms with van der Waals surface area (Å²) in [7, 11) is 5.48. The molecule has 0 aromatic rings. The highest BCUT2D eigenvalue weighted by atomic mass is 16.5. The molecule has 1 atom stereocenters. The molecular formula is C16H33N3O2. The molecule has 1 fully saturated rings. The first-order valence-corrected chi connectivity index (χ1v) is 8.16. The van der Waals surface area contributed by atoms with E-state index in [1.807, 2.05) is 14.0 Å². The van der Waals surface area contributed by atoms with Gasteiger partial charge >= 0.3 is 5.97 Å². The molecule has 0 aliphatic carbocycles. The van der Waals surface area contributed by atoms with E-state index in [2.05, 4.69) is 29.1 Å². The van der Waals surface area contributed by atoms with E-state index in [1.165, 1.54) is 33.0 Å². The summed E-state index contributed by atoms with van der Waals surface area (Å²) in [5.41, 5.74) is -0.568. The van der Waals surface area contributed by atoms with E-state index < -0.39 is 5.54 Å². The molecule has 1 unspecified atom stereocenters. The number of ether oxygens (including phenoxy) is 1. The summed E-state index contributed by atoms with van der Waals surface area (Å²) in [5.74, 6) is -0.177. The molecule has 1 aliphatic heterocycles. The fraction of sp³-hybridized carbons (Fsp3) is 0.938. The van der Waals surface area contributed by atoms with Crippen LogP contribution >= 0.6 is 0 Å². The quantitative estimate of drug-likeness (QED) is 0.685. The molecule has 0 saturated carbocycles. The number of hydrogen-bond acceptors (Lipinski definition) is 5. The van der Waals surface area contributed by atoms with Crippen LogP contribution in [-0.2, 0) is 9.53 Å². The highest BCUT2D eigenvalue weighted by Gasteiger charge is 2.32. The van der Waals surface area contributed by atoms with Crippen molar-refractivity contribution < 1.29 is 9.53 Å². The zero-order valence-electron chi connectivity index (χ0n) is 14.4. The lowest BCUT2D eigenvalue weighted by molar-refractivity contribution is -0.148. The largest absolute Gasteiger partial charge is 0.468 e.